The average molecular weight is 187 g/mol. The van der Waals surface area contributed by atoms with E-state index in [4.69, 9.17) is 0 Å². The van der Waals surface area contributed by atoms with E-state index in [1.54, 1.807) is 0 Å². The molecule has 0 unspecified atom stereocenters. The van der Waals surface area contributed by atoms with E-state index in [1.807, 2.05) is 40.5 Å². The first-order valence-electron chi connectivity index (χ1n) is 2.31. The van der Waals surface area contributed by atoms with Crippen molar-refractivity contribution in [2.24, 2.45) is 0 Å². The maximum absolute atomic E-state index is 2.00. The van der Waals surface area contributed by atoms with Crippen LogP contribution in [0.5, 0.6) is 0 Å². The first kappa shape index (κ1) is 15.6. The molecule has 1 heteroatoms. The van der Waals surface area contributed by atoms with Crippen molar-refractivity contribution in [1.82, 2.24) is 0 Å². The molecule has 0 heterocycles. The summed E-state index contributed by atoms with van der Waals surface area (Å²) in [6, 6.07) is 0. The SMILES string of the molecule is C[CH-]C.C[CH-]C.[Ru+2]. The van der Waals surface area contributed by atoms with Crippen molar-refractivity contribution in [3.8, 4) is 0 Å². The predicted octanol–water partition coefficient (Wildman–Crippen LogP) is 2.46. The average Bonchev–Trinajstić information content (AvgIpc) is 1.39. The quantitative estimate of drug-likeness (QED) is 0.403. The maximum Gasteiger partial charge on any atom is 2.00 e. The fourth-order valence-corrected chi connectivity index (χ4v) is 0. The van der Waals surface area contributed by atoms with Gasteiger partial charge in [-0.15, -0.1) is 0 Å². The third-order valence-electron chi connectivity index (χ3n) is 0. The summed E-state index contributed by atoms with van der Waals surface area (Å²) >= 11 is 0. The summed E-state index contributed by atoms with van der Waals surface area (Å²) in [5.74, 6) is 0. The molecule has 0 bridgehead atoms. The standard InChI is InChI=1S/2C3H7.Ru/c2*1-3-2;/h2*3H,1-2H3;/q2*-1;+2. The van der Waals surface area contributed by atoms with Crippen LogP contribution in [0, 0.1) is 12.8 Å². The molecular weight excluding hydrogens is 173 g/mol. The fraction of sp³-hybridized carbons (Fsp3) is 0.667. The van der Waals surface area contributed by atoms with E-state index in [0.717, 1.165) is 0 Å². The van der Waals surface area contributed by atoms with Gasteiger partial charge >= 0.3 is 19.5 Å². The normalized spacial score (nSPS) is 5.14. The molecule has 0 nitrogen and oxygen atoms in total. The Hall–Kier alpha value is 0.623. The van der Waals surface area contributed by atoms with E-state index < -0.39 is 0 Å². The van der Waals surface area contributed by atoms with Crippen LogP contribution in [0.2, 0.25) is 0 Å². The van der Waals surface area contributed by atoms with Crippen molar-refractivity contribution in [3.63, 3.8) is 0 Å². The fourth-order valence-electron chi connectivity index (χ4n) is 0. The zero-order valence-electron chi connectivity index (χ0n) is 5.51. The Morgan fingerprint density at radius 3 is 0.714 bits per heavy atom. The van der Waals surface area contributed by atoms with Gasteiger partial charge in [-0.05, 0) is 0 Å². The van der Waals surface area contributed by atoms with Crippen LogP contribution in [0.1, 0.15) is 27.7 Å². The third-order valence-corrected chi connectivity index (χ3v) is 0. The first-order chi connectivity index (χ1) is 2.83. The molecule has 0 aliphatic carbocycles. The van der Waals surface area contributed by atoms with E-state index in [2.05, 4.69) is 0 Å². The molecular formula is C6H14Ru. The predicted molar refractivity (Wildman–Crippen MR) is 31.3 cm³/mol. The molecule has 0 rings (SSSR count). The Morgan fingerprint density at radius 2 is 0.714 bits per heavy atom. The van der Waals surface area contributed by atoms with E-state index in [-0.39, 0.29) is 19.5 Å². The molecule has 7 heavy (non-hydrogen) atoms. The molecule has 0 amide bonds. The molecule has 0 fully saturated rings. The molecule has 0 N–H and O–H groups in total. The van der Waals surface area contributed by atoms with Gasteiger partial charge in [-0.2, -0.15) is 27.7 Å². The van der Waals surface area contributed by atoms with Gasteiger partial charge in [-0.1, -0.05) is 0 Å². The Morgan fingerprint density at radius 1 is 0.714 bits per heavy atom. The van der Waals surface area contributed by atoms with Gasteiger partial charge in [0.1, 0.15) is 0 Å². The van der Waals surface area contributed by atoms with Crippen molar-refractivity contribution in [1.29, 1.82) is 0 Å². The van der Waals surface area contributed by atoms with Gasteiger partial charge in [-0.3, -0.25) is 0 Å². The van der Waals surface area contributed by atoms with Crippen LogP contribution in [-0.4, -0.2) is 0 Å². The number of rotatable bonds is 0. The third kappa shape index (κ3) is 364. The minimum absolute atomic E-state index is 0. The molecule has 0 saturated carbocycles. The maximum atomic E-state index is 2.00. The van der Waals surface area contributed by atoms with Gasteiger partial charge in [-0.25, -0.2) is 0 Å². The zero-order chi connectivity index (χ0) is 5.41. The van der Waals surface area contributed by atoms with Crippen LogP contribution >= 0.6 is 0 Å². The number of hydrogen-bond acceptors (Lipinski definition) is 0. The largest absolute Gasteiger partial charge is 2.00 e. The zero-order valence-corrected chi connectivity index (χ0v) is 7.25. The van der Waals surface area contributed by atoms with Crippen LogP contribution < -0.4 is 0 Å². The van der Waals surface area contributed by atoms with Crippen LogP contribution in [0.4, 0.5) is 0 Å². The smallest absolute Gasteiger partial charge is 0.335 e. The van der Waals surface area contributed by atoms with E-state index >= 15 is 0 Å². The molecule has 0 radical (unpaired) electrons. The molecule has 0 spiro atoms. The Labute approximate surface area is 60.5 Å². The molecule has 0 aliphatic heterocycles. The van der Waals surface area contributed by atoms with Gasteiger partial charge in [0.25, 0.3) is 0 Å². The van der Waals surface area contributed by atoms with E-state index in [9.17, 15) is 0 Å². The molecule has 0 atom stereocenters. The molecule has 0 aromatic heterocycles. The molecule has 46 valence electrons. The summed E-state index contributed by atoms with van der Waals surface area (Å²) in [7, 11) is 0. The summed E-state index contributed by atoms with van der Waals surface area (Å²) < 4.78 is 0. The Balaban J connectivity index is -0.0000000400. The summed E-state index contributed by atoms with van der Waals surface area (Å²) in [4.78, 5) is 0. The first-order valence-corrected chi connectivity index (χ1v) is 2.31. The minimum atomic E-state index is 0. The van der Waals surface area contributed by atoms with Crippen molar-refractivity contribution >= 4 is 0 Å². The van der Waals surface area contributed by atoms with Crippen molar-refractivity contribution in [3.05, 3.63) is 12.8 Å². The molecule has 0 saturated heterocycles. The van der Waals surface area contributed by atoms with E-state index in [0.29, 0.717) is 0 Å². The van der Waals surface area contributed by atoms with Gasteiger partial charge in [0.2, 0.25) is 0 Å². The number of hydrogen-bond donors (Lipinski definition) is 0. The molecule has 0 aromatic rings. The van der Waals surface area contributed by atoms with Crippen LogP contribution in [0.25, 0.3) is 0 Å². The summed E-state index contributed by atoms with van der Waals surface area (Å²) in [5, 5.41) is 0. The van der Waals surface area contributed by atoms with Crippen LogP contribution in [-0.2, 0) is 19.5 Å². The van der Waals surface area contributed by atoms with E-state index in [1.165, 1.54) is 0 Å². The second kappa shape index (κ2) is 30.4. The second-order valence-corrected chi connectivity index (χ2v) is 1.15. The summed E-state index contributed by atoms with van der Waals surface area (Å²) in [6.07, 6.45) is 4.00. The Kier molecular flexibility index (Phi) is 68.0. The van der Waals surface area contributed by atoms with Gasteiger partial charge in [0, 0.05) is 0 Å². The van der Waals surface area contributed by atoms with Crippen molar-refractivity contribution in [2.45, 2.75) is 27.7 Å². The Bertz CT molecular complexity index is 6.14. The van der Waals surface area contributed by atoms with Gasteiger partial charge in [0.05, 0.1) is 0 Å². The second-order valence-electron chi connectivity index (χ2n) is 1.15. The summed E-state index contributed by atoms with van der Waals surface area (Å²) in [5.41, 5.74) is 0. The topological polar surface area (TPSA) is 0 Å². The molecule has 0 aliphatic rings. The van der Waals surface area contributed by atoms with Crippen LogP contribution in [0.15, 0.2) is 0 Å². The summed E-state index contributed by atoms with van der Waals surface area (Å²) in [6.45, 7) is 8.00. The monoisotopic (exact) mass is 188 g/mol. The van der Waals surface area contributed by atoms with Crippen molar-refractivity contribution in [2.75, 3.05) is 0 Å². The molecule has 0 aromatic carbocycles. The van der Waals surface area contributed by atoms with Gasteiger partial charge < -0.3 is 12.8 Å². The van der Waals surface area contributed by atoms with Gasteiger partial charge in [0.15, 0.2) is 0 Å². The minimum Gasteiger partial charge on any atom is -0.335 e. The van der Waals surface area contributed by atoms with Crippen molar-refractivity contribution < 1.29 is 19.5 Å². The van der Waals surface area contributed by atoms with Crippen LogP contribution in [0.3, 0.4) is 0 Å².